The van der Waals surface area contributed by atoms with Gasteiger partial charge >= 0.3 is 8.24 Å². The van der Waals surface area contributed by atoms with Gasteiger partial charge in [-0.1, -0.05) is 127 Å². The first-order valence-electron chi connectivity index (χ1n) is 19.0. The highest BCUT2D eigenvalue weighted by Crippen LogP contribution is 2.51. The molecule has 280 valence electrons. The van der Waals surface area contributed by atoms with Crippen molar-refractivity contribution in [3.05, 3.63) is 88.3 Å². The smallest absolute Gasteiger partial charge is 0.387 e. The summed E-state index contributed by atoms with van der Waals surface area (Å²) in [4.78, 5) is 5.15. The summed E-state index contributed by atoms with van der Waals surface area (Å²) < 4.78 is 28.1. The van der Waals surface area contributed by atoms with Crippen LogP contribution in [0.4, 0.5) is 0 Å². The molecule has 1 aliphatic carbocycles. The third-order valence-electron chi connectivity index (χ3n) is 10.8. The molecule has 5 nitrogen and oxygen atoms in total. The highest BCUT2D eigenvalue weighted by Gasteiger charge is 2.46. The van der Waals surface area contributed by atoms with Crippen molar-refractivity contribution in [1.82, 2.24) is 4.98 Å². The van der Waals surface area contributed by atoms with Crippen LogP contribution < -0.4 is 4.52 Å². The first-order valence-corrected chi connectivity index (χ1v) is 20.1. The van der Waals surface area contributed by atoms with E-state index in [1.54, 1.807) is 0 Å². The molecule has 0 amide bonds. The topological polar surface area (TPSA) is 61.5 Å². The van der Waals surface area contributed by atoms with E-state index < -0.39 is 13.8 Å². The Morgan fingerprint density at radius 1 is 0.673 bits per heavy atom. The highest BCUT2D eigenvalue weighted by atomic mass is 31.1. The summed E-state index contributed by atoms with van der Waals surface area (Å²) in [7, 11) is -1.90. The predicted octanol–water partition coefficient (Wildman–Crippen LogP) is 14.1. The lowest BCUT2D eigenvalue weighted by Gasteiger charge is -2.40. The number of rotatable bonds is 4. The minimum Gasteiger partial charge on any atom is -0.441 e. The molecule has 2 heterocycles. The van der Waals surface area contributed by atoms with Crippen LogP contribution in [0.25, 0.3) is 33.4 Å². The summed E-state index contributed by atoms with van der Waals surface area (Å²) in [6.07, 6.45) is 1.72. The van der Waals surface area contributed by atoms with E-state index >= 15 is 0 Å². The van der Waals surface area contributed by atoms with Gasteiger partial charge < -0.3 is 12.8 Å². The fourth-order valence-electron chi connectivity index (χ4n) is 7.49. The molecule has 0 unspecified atom stereocenters. The molecular formula is C46H62NO4P. The zero-order chi connectivity index (χ0) is 38.4. The Morgan fingerprint density at radius 3 is 1.60 bits per heavy atom. The Kier molecular flexibility index (Phi) is 9.36. The van der Waals surface area contributed by atoms with Crippen LogP contribution in [0, 0.1) is 5.41 Å². The largest absolute Gasteiger partial charge is 0.441 e. The molecule has 0 fully saturated rings. The minimum absolute atomic E-state index is 0.00502. The number of oxazole rings is 1. The van der Waals surface area contributed by atoms with Crippen molar-refractivity contribution in [2.24, 2.45) is 5.41 Å². The number of nitrogens with zero attached hydrogens (tertiary/aromatic N) is 1. The molecule has 1 aliphatic rings. The molecule has 0 saturated carbocycles. The second-order valence-corrected chi connectivity index (χ2v) is 21.7. The van der Waals surface area contributed by atoms with E-state index in [1.807, 2.05) is 18.2 Å². The number of aromatic nitrogens is 1. The Hall–Kier alpha value is -3.27. The summed E-state index contributed by atoms with van der Waals surface area (Å²) in [6, 6.07) is 19.6. The van der Waals surface area contributed by atoms with Crippen LogP contribution in [-0.4, -0.2) is 10.6 Å². The minimum atomic E-state index is -1.90. The van der Waals surface area contributed by atoms with Crippen molar-refractivity contribution >= 4 is 30.2 Å². The van der Waals surface area contributed by atoms with Gasteiger partial charge in [0.2, 0.25) is 5.89 Å². The number of benzene rings is 3. The lowest BCUT2D eigenvalue weighted by Crippen LogP contribution is -2.41. The quantitative estimate of drug-likeness (QED) is 0.185. The van der Waals surface area contributed by atoms with Gasteiger partial charge in [-0.3, -0.25) is 4.52 Å². The van der Waals surface area contributed by atoms with Gasteiger partial charge in [0, 0.05) is 39.8 Å². The van der Waals surface area contributed by atoms with Crippen LogP contribution in [0.3, 0.4) is 0 Å². The zero-order valence-electron chi connectivity index (χ0n) is 34.7. The Labute approximate surface area is 313 Å². The lowest BCUT2D eigenvalue weighted by atomic mass is 9.68. The summed E-state index contributed by atoms with van der Waals surface area (Å²) in [6.45, 7) is 36.3. The monoisotopic (exact) mass is 723 g/mol. The van der Waals surface area contributed by atoms with Crippen molar-refractivity contribution in [1.29, 1.82) is 0 Å². The standard InChI is InChI=1S/C46H62NO4P/c1-41(2,3)29-22-31-32-23-30(42(4,5)6)25-34(44(10,11)12)39(32)50-52(49-38(31)33(24-29)43(7,8)9)51-46(15,16)35-26-45(13,14)27-36-37(35)47-40(48-36)28-20-18-17-19-21-28/h17-25,35H,26-27H2,1-16H3/t35-/m1/s1. The normalized spacial score (nSPS) is 17.1. The SMILES string of the molecule is CC1(C)Cc2oc(-c3ccccc3)nc2[C@H](C(C)(C)Op2oc3c(C(C)(C)C)cc(C(C)(C)C)cc3c3cc(C(C)(C)C)cc(C(C)(C)C)c3o2)C1. The average molecular weight is 724 g/mol. The van der Waals surface area contributed by atoms with Crippen molar-refractivity contribution in [3.63, 3.8) is 0 Å². The maximum Gasteiger partial charge on any atom is 0.387 e. The average Bonchev–Trinajstić information content (AvgIpc) is 3.34. The van der Waals surface area contributed by atoms with E-state index in [-0.39, 0.29) is 33.0 Å². The number of fused-ring (bicyclic) bond motifs is 4. The van der Waals surface area contributed by atoms with Crippen LogP contribution in [-0.2, 0) is 28.1 Å². The predicted molar refractivity (Wildman–Crippen MR) is 219 cm³/mol. The molecule has 0 spiro atoms. The Bertz CT molecular complexity index is 2060. The van der Waals surface area contributed by atoms with Crippen molar-refractivity contribution in [2.45, 2.75) is 157 Å². The summed E-state index contributed by atoms with van der Waals surface area (Å²) in [5.41, 5.74) is 7.28. The highest BCUT2D eigenvalue weighted by molar-refractivity contribution is 7.31. The first kappa shape index (κ1) is 38.5. The molecule has 6 heteroatoms. The maximum atomic E-state index is 7.25. The van der Waals surface area contributed by atoms with E-state index in [2.05, 4.69) is 147 Å². The van der Waals surface area contributed by atoms with Gasteiger partial charge in [-0.25, -0.2) is 4.98 Å². The fourth-order valence-corrected chi connectivity index (χ4v) is 8.81. The summed E-state index contributed by atoms with van der Waals surface area (Å²) in [5.74, 6) is 1.56. The zero-order valence-corrected chi connectivity index (χ0v) is 35.6. The van der Waals surface area contributed by atoms with Crippen LogP contribution in [0.15, 0.2) is 67.4 Å². The molecule has 3 aromatic carbocycles. The van der Waals surface area contributed by atoms with Crippen LogP contribution in [0.2, 0.25) is 0 Å². The summed E-state index contributed by atoms with van der Waals surface area (Å²) >= 11 is 0. The van der Waals surface area contributed by atoms with Gasteiger partial charge in [-0.15, -0.1) is 0 Å². The van der Waals surface area contributed by atoms with Gasteiger partial charge in [0.25, 0.3) is 0 Å². The molecule has 0 bridgehead atoms. The van der Waals surface area contributed by atoms with Crippen molar-refractivity contribution in [2.75, 3.05) is 0 Å². The molecule has 2 aromatic heterocycles. The second kappa shape index (κ2) is 12.7. The van der Waals surface area contributed by atoms with Gasteiger partial charge in [0.1, 0.15) is 16.9 Å². The molecular weight excluding hydrogens is 661 g/mol. The van der Waals surface area contributed by atoms with Crippen LogP contribution >= 0.6 is 8.24 Å². The Balaban J connectivity index is 1.65. The van der Waals surface area contributed by atoms with E-state index in [9.17, 15) is 0 Å². The van der Waals surface area contributed by atoms with Gasteiger partial charge in [0.05, 0.1) is 11.3 Å². The van der Waals surface area contributed by atoms with Crippen LogP contribution in [0.5, 0.6) is 0 Å². The first-order chi connectivity index (χ1) is 23.7. The maximum absolute atomic E-state index is 7.25. The van der Waals surface area contributed by atoms with Crippen LogP contribution in [0.1, 0.15) is 157 Å². The van der Waals surface area contributed by atoms with Crippen molar-refractivity contribution in [3.8, 4) is 11.5 Å². The Morgan fingerprint density at radius 2 is 1.15 bits per heavy atom. The molecule has 52 heavy (non-hydrogen) atoms. The molecule has 5 aromatic rings. The fraction of sp³-hybridized carbons (Fsp3) is 0.543. The van der Waals surface area contributed by atoms with Gasteiger partial charge in [-0.2, -0.15) is 0 Å². The molecule has 6 rings (SSSR count). The molecule has 0 saturated heterocycles. The number of hydrogen-bond acceptors (Lipinski definition) is 5. The lowest BCUT2D eigenvalue weighted by molar-refractivity contribution is 0.0829. The third kappa shape index (κ3) is 7.56. The number of hydrogen-bond donors (Lipinski definition) is 0. The third-order valence-corrected chi connectivity index (χ3v) is 12.1. The van der Waals surface area contributed by atoms with Crippen molar-refractivity contribution < 1.29 is 17.3 Å². The van der Waals surface area contributed by atoms with E-state index in [0.717, 1.165) is 62.9 Å². The second-order valence-electron chi connectivity index (χ2n) is 20.7. The molecule has 1 atom stereocenters. The molecule has 0 aliphatic heterocycles. The molecule has 0 radical (unpaired) electrons. The van der Waals surface area contributed by atoms with Gasteiger partial charge in [-0.05, 0) is 82.7 Å². The van der Waals surface area contributed by atoms with E-state index in [4.69, 9.17) is 22.3 Å². The molecule has 0 N–H and O–H groups in total. The van der Waals surface area contributed by atoms with E-state index in [0.29, 0.717) is 5.89 Å². The summed E-state index contributed by atoms with van der Waals surface area (Å²) in [5, 5.41) is 2.14. The van der Waals surface area contributed by atoms with E-state index in [1.165, 1.54) is 11.1 Å². The van der Waals surface area contributed by atoms with Gasteiger partial charge in [0.15, 0.2) is 0 Å².